The van der Waals surface area contributed by atoms with Gasteiger partial charge in [0.25, 0.3) is 0 Å². The maximum absolute atomic E-state index is 12.3. The highest BCUT2D eigenvalue weighted by molar-refractivity contribution is 7.83. The molecule has 1 N–H and O–H groups in total. The molecule has 4 nitrogen and oxygen atoms in total. The minimum atomic E-state index is -1.39. The number of esters is 1. The number of hydrogen-bond acceptors (Lipinski definition) is 3. The molecule has 0 amide bonds. The molecule has 0 saturated heterocycles. The molecular weight excluding hydrogens is 286 g/mol. The summed E-state index contributed by atoms with van der Waals surface area (Å²) in [6.07, 6.45) is 0.124. The van der Waals surface area contributed by atoms with E-state index in [1.165, 1.54) is 7.11 Å². The summed E-state index contributed by atoms with van der Waals surface area (Å²) in [6, 6.07) is 18.2. The zero-order chi connectivity index (χ0) is 15.1. The molecule has 2 atom stereocenters. The predicted molar refractivity (Wildman–Crippen MR) is 81.8 cm³/mol. The summed E-state index contributed by atoms with van der Waals surface area (Å²) in [5, 5.41) is 0. The summed E-state index contributed by atoms with van der Waals surface area (Å²) in [7, 11) is -0.0444. The molecular formula is C16H17NO3S. The molecule has 2 aromatic carbocycles. The summed E-state index contributed by atoms with van der Waals surface area (Å²) < 4.78 is 20.0. The molecule has 21 heavy (non-hydrogen) atoms. The van der Waals surface area contributed by atoms with Crippen LogP contribution in [0, 0.1) is 0 Å². The van der Waals surface area contributed by atoms with Crippen molar-refractivity contribution in [3.05, 3.63) is 66.2 Å². The standard InChI is InChI=1S/C16H17NO3S/c1-20-16(18)12-15(13-8-4-2-5-9-13)17-21(19)14-10-6-3-7-11-14/h2-11,15,17H,12H2,1H3/t15-,21+/m1/s1. The lowest BCUT2D eigenvalue weighted by Crippen LogP contribution is -2.26. The molecule has 0 unspecified atom stereocenters. The molecule has 0 aliphatic rings. The Hall–Kier alpha value is -1.98. The van der Waals surface area contributed by atoms with Crippen LogP contribution in [-0.4, -0.2) is 17.3 Å². The maximum Gasteiger partial charge on any atom is 0.307 e. The number of rotatable bonds is 6. The maximum atomic E-state index is 12.3. The van der Waals surface area contributed by atoms with E-state index < -0.39 is 11.0 Å². The van der Waals surface area contributed by atoms with Crippen LogP contribution >= 0.6 is 0 Å². The highest BCUT2D eigenvalue weighted by Crippen LogP contribution is 2.19. The number of carbonyl (C=O) groups is 1. The average molecular weight is 303 g/mol. The van der Waals surface area contributed by atoms with E-state index in [1.807, 2.05) is 48.5 Å². The SMILES string of the molecule is COC(=O)C[C@@H](N[S@@](=O)c1ccccc1)c1ccccc1. The molecule has 0 bridgehead atoms. The van der Waals surface area contributed by atoms with Gasteiger partial charge in [0.1, 0.15) is 11.0 Å². The minimum absolute atomic E-state index is 0.124. The summed E-state index contributed by atoms with van der Waals surface area (Å²) in [5.74, 6) is -0.346. The van der Waals surface area contributed by atoms with Gasteiger partial charge >= 0.3 is 5.97 Å². The number of ether oxygens (including phenoxy) is 1. The quantitative estimate of drug-likeness (QED) is 0.835. The minimum Gasteiger partial charge on any atom is -0.469 e. The van der Waals surface area contributed by atoms with E-state index in [0.29, 0.717) is 4.90 Å². The van der Waals surface area contributed by atoms with Gasteiger partial charge in [0.05, 0.1) is 24.5 Å². The van der Waals surface area contributed by atoms with Crippen LogP contribution in [0.5, 0.6) is 0 Å². The van der Waals surface area contributed by atoms with Crippen molar-refractivity contribution in [2.24, 2.45) is 0 Å². The van der Waals surface area contributed by atoms with Gasteiger partial charge in [-0.15, -0.1) is 0 Å². The number of carbonyl (C=O) groups excluding carboxylic acids is 1. The summed E-state index contributed by atoms with van der Waals surface area (Å²) in [4.78, 5) is 12.2. The summed E-state index contributed by atoms with van der Waals surface area (Å²) >= 11 is 0. The first-order valence-electron chi connectivity index (χ1n) is 6.55. The highest BCUT2D eigenvalue weighted by atomic mass is 32.2. The molecule has 0 aromatic heterocycles. The zero-order valence-corrected chi connectivity index (χ0v) is 12.5. The van der Waals surface area contributed by atoms with Gasteiger partial charge in [0.2, 0.25) is 0 Å². The molecule has 0 aliphatic heterocycles. The van der Waals surface area contributed by atoms with E-state index in [-0.39, 0.29) is 18.4 Å². The van der Waals surface area contributed by atoms with E-state index in [0.717, 1.165) is 5.56 Å². The molecule has 110 valence electrons. The van der Waals surface area contributed by atoms with Gasteiger partial charge in [-0.3, -0.25) is 4.79 Å². The largest absolute Gasteiger partial charge is 0.469 e. The van der Waals surface area contributed by atoms with E-state index in [4.69, 9.17) is 4.74 Å². The average Bonchev–Trinajstić information content (AvgIpc) is 2.55. The fraction of sp³-hybridized carbons (Fsp3) is 0.188. The second-order valence-corrected chi connectivity index (χ2v) is 5.69. The predicted octanol–water partition coefficient (Wildman–Crippen LogP) is 2.60. The Morgan fingerprint density at radius 2 is 1.67 bits per heavy atom. The van der Waals surface area contributed by atoms with E-state index >= 15 is 0 Å². The topological polar surface area (TPSA) is 55.4 Å². The number of nitrogens with one attached hydrogen (secondary N) is 1. The van der Waals surface area contributed by atoms with Crippen molar-refractivity contribution in [2.75, 3.05) is 7.11 Å². The molecule has 0 fully saturated rings. The van der Waals surface area contributed by atoms with Gasteiger partial charge in [-0.2, -0.15) is 0 Å². The van der Waals surface area contributed by atoms with Crippen molar-refractivity contribution < 1.29 is 13.7 Å². The third-order valence-corrected chi connectivity index (χ3v) is 4.21. The van der Waals surface area contributed by atoms with Crippen LogP contribution in [-0.2, 0) is 20.5 Å². The van der Waals surface area contributed by atoms with Gasteiger partial charge in [-0.05, 0) is 17.7 Å². The first kappa shape index (κ1) is 15.4. The van der Waals surface area contributed by atoms with Crippen molar-refractivity contribution in [3.8, 4) is 0 Å². The van der Waals surface area contributed by atoms with Crippen molar-refractivity contribution in [2.45, 2.75) is 17.4 Å². The lowest BCUT2D eigenvalue weighted by Gasteiger charge is -2.17. The van der Waals surface area contributed by atoms with Crippen molar-refractivity contribution >= 4 is 17.0 Å². The van der Waals surface area contributed by atoms with Gasteiger partial charge in [0, 0.05) is 0 Å². The number of benzene rings is 2. The molecule has 5 heteroatoms. The summed E-state index contributed by atoms with van der Waals surface area (Å²) in [5.41, 5.74) is 0.896. The Labute approximate surface area is 126 Å². The van der Waals surface area contributed by atoms with E-state index in [2.05, 4.69) is 4.72 Å². The second-order valence-electron chi connectivity index (χ2n) is 4.44. The van der Waals surface area contributed by atoms with Gasteiger partial charge < -0.3 is 4.74 Å². The van der Waals surface area contributed by atoms with Crippen LogP contribution in [0.1, 0.15) is 18.0 Å². The Kier molecular flexibility index (Phi) is 5.66. The molecule has 0 heterocycles. The lowest BCUT2D eigenvalue weighted by molar-refractivity contribution is -0.141. The molecule has 2 rings (SSSR count). The first-order valence-corrected chi connectivity index (χ1v) is 7.70. The Morgan fingerprint density at radius 1 is 1.10 bits per heavy atom. The molecule has 0 spiro atoms. The monoisotopic (exact) mass is 303 g/mol. The third kappa shape index (κ3) is 4.51. The third-order valence-electron chi connectivity index (χ3n) is 3.01. The van der Waals surface area contributed by atoms with Crippen molar-refractivity contribution in [3.63, 3.8) is 0 Å². The lowest BCUT2D eigenvalue weighted by atomic mass is 10.1. The summed E-state index contributed by atoms with van der Waals surface area (Å²) in [6.45, 7) is 0. The van der Waals surface area contributed by atoms with Gasteiger partial charge in [-0.1, -0.05) is 48.5 Å². The molecule has 2 aromatic rings. The van der Waals surface area contributed by atoms with Gasteiger partial charge in [-0.25, -0.2) is 8.93 Å². The molecule has 0 aliphatic carbocycles. The zero-order valence-electron chi connectivity index (χ0n) is 11.7. The van der Waals surface area contributed by atoms with Crippen molar-refractivity contribution in [1.29, 1.82) is 0 Å². The van der Waals surface area contributed by atoms with Gasteiger partial charge in [0.15, 0.2) is 0 Å². The van der Waals surface area contributed by atoms with Crippen molar-refractivity contribution in [1.82, 2.24) is 4.72 Å². The fourth-order valence-corrected chi connectivity index (χ4v) is 2.92. The Morgan fingerprint density at radius 3 is 2.24 bits per heavy atom. The molecule has 0 radical (unpaired) electrons. The number of methoxy groups -OCH3 is 1. The Balaban J connectivity index is 2.16. The highest BCUT2D eigenvalue weighted by Gasteiger charge is 2.19. The van der Waals surface area contributed by atoms with E-state index in [1.54, 1.807) is 12.1 Å². The first-order chi connectivity index (χ1) is 10.2. The van der Waals surface area contributed by atoms with Crippen LogP contribution in [0.3, 0.4) is 0 Å². The number of hydrogen-bond donors (Lipinski definition) is 1. The second kappa shape index (κ2) is 7.71. The fourth-order valence-electron chi connectivity index (χ4n) is 1.90. The Bertz CT molecular complexity index is 601. The smallest absolute Gasteiger partial charge is 0.307 e. The van der Waals surface area contributed by atoms with Crippen LogP contribution in [0.4, 0.5) is 0 Å². The van der Waals surface area contributed by atoms with Crippen LogP contribution in [0.25, 0.3) is 0 Å². The van der Waals surface area contributed by atoms with E-state index in [9.17, 15) is 9.00 Å². The molecule has 0 saturated carbocycles. The normalized spacial score (nSPS) is 13.4. The van der Waals surface area contributed by atoms with Crippen LogP contribution < -0.4 is 4.72 Å². The van der Waals surface area contributed by atoms with Crippen LogP contribution in [0.2, 0.25) is 0 Å². The van der Waals surface area contributed by atoms with Crippen LogP contribution in [0.15, 0.2) is 65.6 Å².